The van der Waals surface area contributed by atoms with E-state index in [1.54, 1.807) is 18.4 Å². The molecule has 0 aliphatic carbocycles. The normalized spacial score (nSPS) is 20.9. The largest absolute Gasteiger partial charge is 0.497 e. The van der Waals surface area contributed by atoms with E-state index >= 15 is 0 Å². The van der Waals surface area contributed by atoms with Crippen LogP contribution in [0.4, 0.5) is 0 Å². The van der Waals surface area contributed by atoms with Crippen LogP contribution in [0.2, 0.25) is 0 Å². The van der Waals surface area contributed by atoms with Crippen molar-refractivity contribution in [3.63, 3.8) is 0 Å². The van der Waals surface area contributed by atoms with Crippen LogP contribution in [-0.4, -0.2) is 36.5 Å². The van der Waals surface area contributed by atoms with Gasteiger partial charge in [0.05, 0.1) is 12.0 Å². The summed E-state index contributed by atoms with van der Waals surface area (Å²) in [5.74, 6) is 0.962. The Morgan fingerprint density at radius 2 is 2.04 bits per heavy atom. The Bertz CT molecular complexity index is 723. The number of amides is 1. The van der Waals surface area contributed by atoms with Crippen LogP contribution in [-0.2, 0) is 0 Å². The molecular formula is C19H24N2O2S. The molecule has 2 heterocycles. The summed E-state index contributed by atoms with van der Waals surface area (Å²) in [6.07, 6.45) is 1.76. The van der Waals surface area contributed by atoms with Gasteiger partial charge in [-0.05, 0) is 56.0 Å². The van der Waals surface area contributed by atoms with Crippen LogP contribution in [0.1, 0.15) is 34.3 Å². The Labute approximate surface area is 147 Å². The van der Waals surface area contributed by atoms with Crippen molar-refractivity contribution < 1.29 is 9.53 Å². The summed E-state index contributed by atoms with van der Waals surface area (Å²) in [5, 5.41) is 0. The molecule has 0 spiro atoms. The van der Waals surface area contributed by atoms with Crippen LogP contribution in [0.3, 0.4) is 0 Å². The molecule has 1 fully saturated rings. The Balaban J connectivity index is 1.84. The SMILES string of the molecule is COc1ccc(-c2cc(C(=O)N3CC[C@@H](N)C[C@@H]3C)sc2C)cc1. The summed E-state index contributed by atoms with van der Waals surface area (Å²) in [6, 6.07) is 10.4. The molecular weight excluding hydrogens is 320 g/mol. The quantitative estimate of drug-likeness (QED) is 0.924. The lowest BCUT2D eigenvalue weighted by Crippen LogP contribution is -2.48. The number of likely N-dealkylation sites (tertiary alicyclic amines) is 1. The summed E-state index contributed by atoms with van der Waals surface area (Å²) in [4.78, 5) is 16.8. The summed E-state index contributed by atoms with van der Waals surface area (Å²) < 4.78 is 5.21. The lowest BCUT2D eigenvalue weighted by Gasteiger charge is -2.36. The highest BCUT2D eigenvalue weighted by Crippen LogP contribution is 2.33. The summed E-state index contributed by atoms with van der Waals surface area (Å²) in [6.45, 7) is 4.90. The number of benzene rings is 1. The van der Waals surface area contributed by atoms with Crippen molar-refractivity contribution in [1.29, 1.82) is 0 Å². The maximum Gasteiger partial charge on any atom is 0.264 e. The number of methoxy groups -OCH3 is 1. The summed E-state index contributed by atoms with van der Waals surface area (Å²) in [7, 11) is 1.66. The summed E-state index contributed by atoms with van der Waals surface area (Å²) in [5.41, 5.74) is 8.24. The fourth-order valence-electron chi connectivity index (χ4n) is 3.30. The molecule has 128 valence electrons. The lowest BCUT2D eigenvalue weighted by atomic mass is 9.99. The highest BCUT2D eigenvalue weighted by atomic mass is 32.1. The molecule has 4 nitrogen and oxygen atoms in total. The van der Waals surface area contributed by atoms with E-state index < -0.39 is 0 Å². The van der Waals surface area contributed by atoms with E-state index in [1.807, 2.05) is 35.2 Å². The van der Waals surface area contributed by atoms with Gasteiger partial charge in [-0.3, -0.25) is 4.79 Å². The number of hydrogen-bond donors (Lipinski definition) is 1. The number of thiophene rings is 1. The smallest absolute Gasteiger partial charge is 0.264 e. The molecule has 24 heavy (non-hydrogen) atoms. The van der Waals surface area contributed by atoms with Gasteiger partial charge in [-0.15, -0.1) is 11.3 Å². The van der Waals surface area contributed by atoms with E-state index in [0.29, 0.717) is 0 Å². The first-order chi connectivity index (χ1) is 11.5. The second kappa shape index (κ2) is 6.95. The van der Waals surface area contributed by atoms with E-state index in [0.717, 1.165) is 46.0 Å². The van der Waals surface area contributed by atoms with Crippen LogP contribution in [0.15, 0.2) is 30.3 Å². The number of carbonyl (C=O) groups excluding carboxylic acids is 1. The molecule has 5 heteroatoms. The molecule has 2 atom stereocenters. The van der Waals surface area contributed by atoms with Gasteiger partial charge in [0.15, 0.2) is 0 Å². The third kappa shape index (κ3) is 3.32. The first-order valence-corrected chi connectivity index (χ1v) is 9.12. The zero-order valence-corrected chi connectivity index (χ0v) is 15.2. The van der Waals surface area contributed by atoms with Crippen molar-refractivity contribution in [3.05, 3.63) is 40.1 Å². The number of rotatable bonds is 3. The van der Waals surface area contributed by atoms with Gasteiger partial charge < -0.3 is 15.4 Å². The third-order valence-corrected chi connectivity index (χ3v) is 5.75. The third-order valence-electron chi connectivity index (χ3n) is 4.71. The van der Waals surface area contributed by atoms with Gasteiger partial charge >= 0.3 is 0 Å². The molecule has 0 bridgehead atoms. The molecule has 1 amide bonds. The molecule has 1 saturated heterocycles. The highest BCUT2D eigenvalue weighted by Gasteiger charge is 2.29. The molecule has 1 aromatic heterocycles. The fourth-order valence-corrected chi connectivity index (χ4v) is 4.29. The number of aryl methyl sites for hydroxylation is 1. The van der Waals surface area contributed by atoms with Crippen molar-refractivity contribution >= 4 is 17.2 Å². The number of nitrogens with two attached hydrogens (primary N) is 1. The average molecular weight is 344 g/mol. The van der Waals surface area contributed by atoms with Crippen molar-refractivity contribution in [2.45, 2.75) is 38.8 Å². The number of hydrogen-bond acceptors (Lipinski definition) is 4. The molecule has 1 aliphatic rings. The van der Waals surface area contributed by atoms with Crippen LogP contribution in [0, 0.1) is 6.92 Å². The Hall–Kier alpha value is -1.85. The Morgan fingerprint density at radius 1 is 1.33 bits per heavy atom. The van der Waals surface area contributed by atoms with Crippen LogP contribution < -0.4 is 10.5 Å². The minimum Gasteiger partial charge on any atom is -0.497 e. The molecule has 0 radical (unpaired) electrons. The Kier molecular flexibility index (Phi) is 4.92. The number of carbonyl (C=O) groups is 1. The van der Waals surface area contributed by atoms with Crippen molar-refractivity contribution in [2.75, 3.05) is 13.7 Å². The number of piperidine rings is 1. The lowest BCUT2D eigenvalue weighted by molar-refractivity contribution is 0.0624. The minimum atomic E-state index is 0.127. The maximum atomic E-state index is 12.9. The molecule has 2 aromatic rings. The van der Waals surface area contributed by atoms with Gasteiger partial charge in [-0.1, -0.05) is 12.1 Å². The topological polar surface area (TPSA) is 55.6 Å². The van der Waals surface area contributed by atoms with Gasteiger partial charge in [0, 0.05) is 23.5 Å². The van der Waals surface area contributed by atoms with Crippen LogP contribution in [0.5, 0.6) is 5.75 Å². The van der Waals surface area contributed by atoms with Crippen molar-refractivity contribution in [3.8, 4) is 16.9 Å². The zero-order chi connectivity index (χ0) is 17.3. The predicted octanol–water partition coefficient (Wildman–Crippen LogP) is 3.68. The van der Waals surface area contributed by atoms with Gasteiger partial charge in [-0.25, -0.2) is 0 Å². The van der Waals surface area contributed by atoms with Crippen molar-refractivity contribution in [1.82, 2.24) is 4.90 Å². The molecule has 1 aromatic carbocycles. The highest BCUT2D eigenvalue weighted by molar-refractivity contribution is 7.14. The molecule has 3 rings (SSSR count). The molecule has 1 aliphatic heterocycles. The van der Waals surface area contributed by atoms with E-state index in [9.17, 15) is 4.79 Å². The number of nitrogens with zero attached hydrogens (tertiary/aromatic N) is 1. The van der Waals surface area contributed by atoms with E-state index in [1.165, 1.54) is 0 Å². The zero-order valence-electron chi connectivity index (χ0n) is 14.4. The summed E-state index contributed by atoms with van der Waals surface area (Å²) >= 11 is 1.57. The van der Waals surface area contributed by atoms with Gasteiger partial charge in [-0.2, -0.15) is 0 Å². The minimum absolute atomic E-state index is 0.127. The predicted molar refractivity (Wildman–Crippen MR) is 98.8 cm³/mol. The standard InChI is InChI=1S/C19H24N2O2S/c1-12-10-15(20)8-9-21(12)19(22)18-11-17(13(2)24-18)14-4-6-16(23-3)7-5-14/h4-7,11-12,15H,8-10,20H2,1-3H3/t12-,15+/m0/s1. The maximum absolute atomic E-state index is 12.9. The van der Waals surface area contributed by atoms with E-state index in [2.05, 4.69) is 13.8 Å². The molecule has 0 saturated carbocycles. The molecule has 2 N–H and O–H groups in total. The van der Waals surface area contributed by atoms with Gasteiger partial charge in [0.1, 0.15) is 5.75 Å². The second-order valence-corrected chi connectivity index (χ2v) is 7.70. The van der Waals surface area contributed by atoms with Crippen LogP contribution >= 0.6 is 11.3 Å². The first kappa shape index (κ1) is 17.0. The van der Waals surface area contributed by atoms with E-state index in [-0.39, 0.29) is 18.0 Å². The van der Waals surface area contributed by atoms with E-state index in [4.69, 9.17) is 10.5 Å². The first-order valence-electron chi connectivity index (χ1n) is 8.31. The number of ether oxygens (including phenoxy) is 1. The van der Waals surface area contributed by atoms with Crippen molar-refractivity contribution in [2.24, 2.45) is 5.73 Å². The Morgan fingerprint density at radius 3 is 2.67 bits per heavy atom. The monoisotopic (exact) mass is 344 g/mol. The molecule has 0 unspecified atom stereocenters. The van der Waals surface area contributed by atoms with Gasteiger partial charge in [0.25, 0.3) is 5.91 Å². The average Bonchev–Trinajstić information content (AvgIpc) is 2.96. The fraction of sp³-hybridized carbons (Fsp3) is 0.421. The van der Waals surface area contributed by atoms with Gasteiger partial charge in [0.2, 0.25) is 0 Å². The van der Waals surface area contributed by atoms with Crippen LogP contribution in [0.25, 0.3) is 11.1 Å². The second-order valence-electron chi connectivity index (χ2n) is 6.44.